The summed E-state index contributed by atoms with van der Waals surface area (Å²) in [6, 6.07) is 4.00. The number of rotatable bonds is 5. The first-order valence-electron chi connectivity index (χ1n) is 10.6. The largest absolute Gasteiger partial charge is 0.382 e. The number of amides is 1. The molecule has 0 fully saturated rings. The van der Waals surface area contributed by atoms with E-state index in [1.165, 1.54) is 24.5 Å². The van der Waals surface area contributed by atoms with Gasteiger partial charge in [-0.2, -0.15) is 0 Å². The Hall–Kier alpha value is -4.66. The lowest BCUT2D eigenvalue weighted by Gasteiger charge is -2.19. The highest BCUT2D eigenvalue weighted by molar-refractivity contribution is 6.37. The van der Waals surface area contributed by atoms with Crippen molar-refractivity contribution in [3.05, 3.63) is 99.5 Å². The van der Waals surface area contributed by atoms with Gasteiger partial charge in [0.2, 0.25) is 0 Å². The fraction of sp³-hybridized carbons (Fsp3) is 0.0741. The molecule has 1 atom stereocenters. The molecule has 9 heteroatoms. The highest BCUT2D eigenvalue weighted by Gasteiger charge is 2.18. The zero-order chi connectivity index (χ0) is 25.8. The Morgan fingerprint density at radius 2 is 2.14 bits per heavy atom. The number of carbonyl (C=O) groups is 1. The van der Waals surface area contributed by atoms with Crippen LogP contribution < -0.4 is 11.1 Å². The van der Waals surface area contributed by atoms with Crippen LogP contribution in [0.4, 0.5) is 8.78 Å². The number of pyridine rings is 1. The number of H-pyrrole nitrogens is 1. The van der Waals surface area contributed by atoms with Crippen molar-refractivity contribution in [1.82, 2.24) is 15.3 Å². The molecule has 0 aliphatic heterocycles. The number of nitrogens with two attached hydrogens (primary N) is 1. The van der Waals surface area contributed by atoms with E-state index in [1.807, 2.05) is 0 Å². The minimum Gasteiger partial charge on any atom is -0.382 e. The third-order valence-corrected chi connectivity index (χ3v) is 5.74. The van der Waals surface area contributed by atoms with Crippen molar-refractivity contribution in [1.29, 1.82) is 5.41 Å². The predicted octanol–water partition coefficient (Wildman–Crippen LogP) is 4.61. The number of hydrogen-bond donors (Lipinski definition) is 4. The molecule has 0 spiro atoms. The molecule has 6 nitrogen and oxygen atoms in total. The van der Waals surface area contributed by atoms with Crippen LogP contribution in [0.3, 0.4) is 0 Å². The lowest BCUT2D eigenvalue weighted by Crippen LogP contribution is -2.19. The number of benzene rings is 1. The molecule has 178 valence electrons. The Morgan fingerprint density at radius 1 is 1.33 bits per heavy atom. The second-order valence-corrected chi connectivity index (χ2v) is 8.16. The van der Waals surface area contributed by atoms with Crippen molar-refractivity contribution >= 4 is 34.3 Å². The van der Waals surface area contributed by atoms with Crippen LogP contribution in [-0.2, 0) is 0 Å². The number of halogens is 3. The maximum Gasteiger partial charge on any atom is 0.251 e. The predicted molar refractivity (Wildman–Crippen MR) is 135 cm³/mol. The van der Waals surface area contributed by atoms with Gasteiger partial charge in [-0.25, -0.2) is 13.8 Å². The van der Waals surface area contributed by atoms with E-state index >= 15 is 0 Å². The summed E-state index contributed by atoms with van der Waals surface area (Å²) >= 11 is 6.27. The molecule has 1 amide bonds. The van der Waals surface area contributed by atoms with Gasteiger partial charge in [0.15, 0.2) is 0 Å². The average Bonchev–Trinajstić information content (AvgIpc) is 3.33. The van der Waals surface area contributed by atoms with Crippen molar-refractivity contribution in [3.8, 4) is 24.2 Å². The normalized spacial score (nSPS) is 14.9. The highest BCUT2D eigenvalue weighted by Crippen LogP contribution is 2.26. The molecule has 1 aliphatic rings. The van der Waals surface area contributed by atoms with Gasteiger partial charge in [0.25, 0.3) is 5.91 Å². The number of nitrogens with zero attached hydrogens (tertiary/aromatic N) is 1. The molecule has 2 heterocycles. The summed E-state index contributed by atoms with van der Waals surface area (Å²) in [4.78, 5) is 19.0. The fourth-order valence-corrected chi connectivity index (χ4v) is 3.92. The van der Waals surface area contributed by atoms with Crippen molar-refractivity contribution in [2.24, 2.45) is 5.73 Å². The van der Waals surface area contributed by atoms with Crippen molar-refractivity contribution in [2.45, 2.75) is 12.5 Å². The highest BCUT2D eigenvalue weighted by atomic mass is 35.5. The van der Waals surface area contributed by atoms with E-state index in [0.717, 1.165) is 18.2 Å². The number of aromatic amines is 1. The van der Waals surface area contributed by atoms with Crippen molar-refractivity contribution < 1.29 is 13.6 Å². The van der Waals surface area contributed by atoms with Crippen LogP contribution in [0.2, 0.25) is 0 Å². The molecular weight excluding hydrogens is 484 g/mol. The maximum atomic E-state index is 14.7. The number of nitrogens with one attached hydrogen (secondary N) is 3. The molecule has 1 aliphatic carbocycles. The Morgan fingerprint density at radius 3 is 2.86 bits per heavy atom. The summed E-state index contributed by atoms with van der Waals surface area (Å²) in [5.74, 6) is 6.32. The zero-order valence-corrected chi connectivity index (χ0v) is 19.4. The zero-order valence-electron chi connectivity index (χ0n) is 18.6. The summed E-state index contributed by atoms with van der Waals surface area (Å²) < 4.78 is 28.6. The quantitative estimate of drug-likeness (QED) is 0.383. The average molecular weight is 502 g/mol. The molecule has 5 N–H and O–H groups in total. The number of hydrogen-bond acceptors (Lipinski definition) is 4. The molecule has 3 aromatic rings. The Labute approximate surface area is 210 Å². The molecule has 0 saturated carbocycles. The monoisotopic (exact) mass is 501 g/mol. The first kappa shape index (κ1) is 24.5. The van der Waals surface area contributed by atoms with E-state index in [2.05, 4.69) is 33.0 Å². The molecular formula is C27H18ClF2N5O. The first-order valence-corrected chi connectivity index (χ1v) is 11.0. The Kier molecular flexibility index (Phi) is 7.00. The smallest absolute Gasteiger partial charge is 0.251 e. The first-order chi connectivity index (χ1) is 17.3. The lowest BCUT2D eigenvalue weighted by atomic mass is 9.99. The third kappa shape index (κ3) is 5.05. The van der Waals surface area contributed by atoms with Crippen molar-refractivity contribution in [2.75, 3.05) is 0 Å². The molecule has 0 saturated heterocycles. The van der Waals surface area contributed by atoms with Gasteiger partial charge in [0.1, 0.15) is 17.3 Å². The number of fused-ring (bicyclic) bond motifs is 1. The van der Waals surface area contributed by atoms with Gasteiger partial charge in [0, 0.05) is 52.7 Å². The maximum absolute atomic E-state index is 14.7. The third-order valence-electron chi connectivity index (χ3n) is 5.43. The minimum absolute atomic E-state index is 0.0106. The number of allylic oxidation sites excluding steroid dienone is 5. The van der Waals surface area contributed by atoms with Crippen LogP contribution in [0.25, 0.3) is 11.0 Å². The van der Waals surface area contributed by atoms with Gasteiger partial charge in [-0.05, 0) is 36.4 Å². The second-order valence-electron chi connectivity index (χ2n) is 7.75. The second kappa shape index (κ2) is 10.3. The Bertz CT molecular complexity index is 1600. The van der Waals surface area contributed by atoms with Gasteiger partial charge in [0.05, 0.1) is 22.3 Å². The number of aromatic nitrogens is 2. The van der Waals surface area contributed by atoms with E-state index in [4.69, 9.17) is 29.2 Å². The summed E-state index contributed by atoms with van der Waals surface area (Å²) in [6.45, 7) is 0. The topological polar surface area (TPSA) is 108 Å². The number of primary amides is 1. The summed E-state index contributed by atoms with van der Waals surface area (Å²) in [5.41, 5.74) is 7.38. The van der Waals surface area contributed by atoms with Crippen LogP contribution in [0.15, 0.2) is 71.2 Å². The van der Waals surface area contributed by atoms with E-state index in [1.54, 1.807) is 12.3 Å². The summed E-state index contributed by atoms with van der Waals surface area (Å²) in [7, 11) is 0. The van der Waals surface area contributed by atoms with Crippen LogP contribution in [-0.4, -0.2) is 21.6 Å². The standard InChI is InChI=1S/C27H18ClF2N5O/c1-2-15-10-22(28)21(24(31)11-15)14-34-25(19-12-16(29)6-7-23(19)30)5-3-4-17-18-8-9-33-27(18)35-13-20(17)26(32)36/h1,6-14,25,31,34H,5H2,(H2,32,36)(H,33,35)/b21-14-,31-24?. The van der Waals surface area contributed by atoms with Gasteiger partial charge in [-0.15, -0.1) is 6.42 Å². The van der Waals surface area contributed by atoms with Crippen molar-refractivity contribution in [3.63, 3.8) is 0 Å². The van der Waals surface area contributed by atoms with Crippen LogP contribution in [0.5, 0.6) is 0 Å². The number of carbonyl (C=O) groups excluding carboxylic acids is 1. The summed E-state index contributed by atoms with van der Waals surface area (Å²) in [6.07, 6.45) is 12.8. The van der Waals surface area contributed by atoms with E-state index in [9.17, 15) is 13.6 Å². The summed E-state index contributed by atoms with van der Waals surface area (Å²) in [5, 5.41) is 12.0. The van der Waals surface area contributed by atoms with E-state index in [-0.39, 0.29) is 28.3 Å². The lowest BCUT2D eigenvalue weighted by molar-refractivity contribution is 0.1000. The SMILES string of the molecule is C#CC1=CC(=N)/C(=C\NC(CC#Cc2c(C(N)=O)cnc3[nH]ccc23)c2cc(F)ccc2F)C(Cl)=C1. The molecule has 0 radical (unpaired) electrons. The van der Waals surface area contributed by atoms with E-state index in [0.29, 0.717) is 27.7 Å². The molecule has 1 unspecified atom stereocenters. The minimum atomic E-state index is -0.823. The molecule has 0 bridgehead atoms. The van der Waals surface area contributed by atoms with E-state index < -0.39 is 23.6 Å². The van der Waals surface area contributed by atoms with Crippen LogP contribution >= 0.6 is 11.6 Å². The molecule has 36 heavy (non-hydrogen) atoms. The van der Waals surface area contributed by atoms with Gasteiger partial charge >= 0.3 is 0 Å². The van der Waals surface area contributed by atoms with Gasteiger partial charge in [-0.3, -0.25) is 4.79 Å². The van der Waals surface area contributed by atoms with Crippen LogP contribution in [0, 0.1) is 41.2 Å². The number of terminal acetylenes is 1. The molecule has 4 rings (SSSR count). The Balaban J connectivity index is 1.70. The fourth-order valence-electron chi connectivity index (χ4n) is 3.64. The van der Waals surface area contributed by atoms with Gasteiger partial charge in [-0.1, -0.05) is 29.4 Å². The molecule has 1 aromatic carbocycles. The molecule has 2 aromatic heterocycles. The van der Waals surface area contributed by atoms with Crippen LogP contribution in [0.1, 0.15) is 33.9 Å². The van der Waals surface area contributed by atoms with Gasteiger partial charge < -0.3 is 21.4 Å².